The first-order chi connectivity index (χ1) is 6.33. The van der Waals surface area contributed by atoms with Crippen molar-refractivity contribution in [3.8, 4) is 0 Å². The fourth-order valence-corrected chi connectivity index (χ4v) is 1.94. The Morgan fingerprint density at radius 2 is 2.23 bits per heavy atom. The van der Waals surface area contributed by atoms with Crippen LogP contribution in [0.15, 0.2) is 0 Å². The van der Waals surface area contributed by atoms with Crippen molar-refractivity contribution < 1.29 is 9.53 Å². The molecule has 0 N–H and O–H groups in total. The van der Waals surface area contributed by atoms with Crippen molar-refractivity contribution in [2.45, 2.75) is 44.8 Å². The maximum atomic E-state index is 11.9. The van der Waals surface area contributed by atoms with Crippen LogP contribution in [-0.2, 0) is 9.53 Å². The van der Waals surface area contributed by atoms with E-state index >= 15 is 0 Å². The van der Waals surface area contributed by atoms with Gasteiger partial charge in [-0.25, -0.2) is 0 Å². The zero-order valence-electron chi connectivity index (χ0n) is 8.16. The SMILES string of the molecule is CCN(C(=O)[C@@H]1CCCO1)C1CC1. The molecule has 3 heteroatoms. The molecule has 1 amide bonds. The van der Waals surface area contributed by atoms with Crippen LogP contribution in [0.4, 0.5) is 0 Å². The lowest BCUT2D eigenvalue weighted by Crippen LogP contribution is -2.40. The highest BCUT2D eigenvalue weighted by Crippen LogP contribution is 2.28. The van der Waals surface area contributed by atoms with Gasteiger partial charge >= 0.3 is 0 Å². The van der Waals surface area contributed by atoms with Gasteiger partial charge in [-0.15, -0.1) is 0 Å². The van der Waals surface area contributed by atoms with Crippen molar-refractivity contribution in [2.24, 2.45) is 0 Å². The summed E-state index contributed by atoms with van der Waals surface area (Å²) in [6.07, 6.45) is 4.21. The number of hydrogen-bond donors (Lipinski definition) is 0. The molecule has 2 aliphatic rings. The average Bonchev–Trinajstić information content (AvgIpc) is 2.83. The van der Waals surface area contributed by atoms with Gasteiger partial charge in [-0.1, -0.05) is 0 Å². The number of rotatable bonds is 3. The zero-order chi connectivity index (χ0) is 9.26. The van der Waals surface area contributed by atoms with Gasteiger partial charge in [0.15, 0.2) is 0 Å². The molecule has 0 aromatic rings. The van der Waals surface area contributed by atoms with Gasteiger partial charge < -0.3 is 9.64 Å². The second-order valence-electron chi connectivity index (χ2n) is 3.86. The van der Waals surface area contributed by atoms with E-state index in [2.05, 4.69) is 0 Å². The zero-order valence-corrected chi connectivity index (χ0v) is 8.16. The Hall–Kier alpha value is -0.570. The minimum absolute atomic E-state index is 0.124. The van der Waals surface area contributed by atoms with Crippen LogP contribution < -0.4 is 0 Å². The molecule has 0 spiro atoms. The Balaban J connectivity index is 1.92. The molecule has 0 radical (unpaired) electrons. The van der Waals surface area contributed by atoms with Crippen molar-refractivity contribution in [3.05, 3.63) is 0 Å². The second kappa shape index (κ2) is 3.66. The highest BCUT2D eigenvalue weighted by atomic mass is 16.5. The van der Waals surface area contributed by atoms with Crippen molar-refractivity contribution in [2.75, 3.05) is 13.2 Å². The van der Waals surface area contributed by atoms with E-state index in [1.807, 2.05) is 11.8 Å². The van der Waals surface area contributed by atoms with Crippen LogP contribution in [0.25, 0.3) is 0 Å². The molecule has 0 bridgehead atoms. The summed E-state index contributed by atoms with van der Waals surface area (Å²) in [4.78, 5) is 13.8. The summed E-state index contributed by atoms with van der Waals surface area (Å²) in [5.74, 6) is 0.225. The smallest absolute Gasteiger partial charge is 0.251 e. The van der Waals surface area contributed by atoms with E-state index in [0.29, 0.717) is 6.04 Å². The molecule has 2 rings (SSSR count). The summed E-state index contributed by atoms with van der Waals surface area (Å²) >= 11 is 0. The van der Waals surface area contributed by atoms with Crippen LogP contribution in [0.2, 0.25) is 0 Å². The molecule has 1 heterocycles. The molecule has 1 saturated carbocycles. The summed E-state index contributed by atoms with van der Waals surface area (Å²) in [7, 11) is 0. The van der Waals surface area contributed by atoms with Crippen LogP contribution in [0.3, 0.4) is 0 Å². The van der Waals surface area contributed by atoms with Gasteiger partial charge in [0, 0.05) is 19.2 Å². The van der Waals surface area contributed by atoms with Gasteiger partial charge in [-0.2, -0.15) is 0 Å². The normalized spacial score (nSPS) is 27.6. The van der Waals surface area contributed by atoms with Crippen molar-refractivity contribution in [3.63, 3.8) is 0 Å². The lowest BCUT2D eigenvalue weighted by Gasteiger charge is -2.23. The molecule has 13 heavy (non-hydrogen) atoms. The minimum Gasteiger partial charge on any atom is -0.368 e. The van der Waals surface area contributed by atoms with Gasteiger partial charge in [0.25, 0.3) is 5.91 Å². The first-order valence-corrected chi connectivity index (χ1v) is 5.25. The average molecular weight is 183 g/mol. The van der Waals surface area contributed by atoms with E-state index in [-0.39, 0.29) is 12.0 Å². The Kier molecular flexibility index (Phi) is 2.54. The van der Waals surface area contributed by atoms with Gasteiger partial charge in [0.05, 0.1) is 0 Å². The first-order valence-electron chi connectivity index (χ1n) is 5.25. The van der Waals surface area contributed by atoms with Crippen molar-refractivity contribution in [1.29, 1.82) is 0 Å². The van der Waals surface area contributed by atoms with E-state index < -0.39 is 0 Å². The molecule has 0 aromatic carbocycles. The maximum absolute atomic E-state index is 11.9. The summed E-state index contributed by atoms with van der Waals surface area (Å²) in [5.41, 5.74) is 0. The molecular formula is C10H17NO2. The minimum atomic E-state index is -0.124. The summed E-state index contributed by atoms with van der Waals surface area (Å²) in [5, 5.41) is 0. The molecule has 0 aromatic heterocycles. The number of carbonyl (C=O) groups is 1. The van der Waals surface area contributed by atoms with E-state index in [1.54, 1.807) is 0 Å². The molecular weight excluding hydrogens is 166 g/mol. The molecule has 1 atom stereocenters. The quantitative estimate of drug-likeness (QED) is 0.657. The topological polar surface area (TPSA) is 29.5 Å². The van der Waals surface area contributed by atoms with E-state index in [4.69, 9.17) is 4.74 Å². The highest BCUT2D eigenvalue weighted by molar-refractivity contribution is 5.81. The Morgan fingerprint density at radius 3 is 2.69 bits per heavy atom. The van der Waals surface area contributed by atoms with Gasteiger partial charge in [-0.05, 0) is 32.6 Å². The standard InChI is InChI=1S/C10H17NO2/c1-2-11(8-5-6-8)10(12)9-4-3-7-13-9/h8-9H,2-7H2,1H3/t9-/m0/s1. The summed E-state index contributed by atoms with van der Waals surface area (Å²) in [6, 6.07) is 0.529. The fraction of sp³-hybridized carbons (Fsp3) is 0.900. The molecule has 74 valence electrons. The van der Waals surface area contributed by atoms with E-state index in [0.717, 1.165) is 26.0 Å². The molecule has 1 aliphatic carbocycles. The molecule has 3 nitrogen and oxygen atoms in total. The monoisotopic (exact) mass is 183 g/mol. The molecule has 0 unspecified atom stereocenters. The lowest BCUT2D eigenvalue weighted by atomic mass is 10.2. The van der Waals surface area contributed by atoms with Crippen molar-refractivity contribution in [1.82, 2.24) is 4.90 Å². The third kappa shape index (κ3) is 1.85. The van der Waals surface area contributed by atoms with E-state index in [1.165, 1.54) is 12.8 Å². The first kappa shape index (κ1) is 9.00. The Labute approximate surface area is 79.0 Å². The predicted molar refractivity (Wildman–Crippen MR) is 49.4 cm³/mol. The number of nitrogens with zero attached hydrogens (tertiary/aromatic N) is 1. The number of hydrogen-bond acceptors (Lipinski definition) is 2. The van der Waals surface area contributed by atoms with Crippen molar-refractivity contribution >= 4 is 5.91 Å². The van der Waals surface area contributed by atoms with Crippen LogP contribution >= 0.6 is 0 Å². The highest BCUT2D eigenvalue weighted by Gasteiger charge is 2.36. The van der Waals surface area contributed by atoms with Gasteiger partial charge in [0.2, 0.25) is 0 Å². The predicted octanol–water partition coefficient (Wildman–Crippen LogP) is 1.18. The number of likely N-dealkylation sites (N-methyl/N-ethyl adjacent to an activating group) is 1. The van der Waals surface area contributed by atoms with Crippen LogP contribution in [0.1, 0.15) is 32.6 Å². The molecule has 1 aliphatic heterocycles. The maximum Gasteiger partial charge on any atom is 0.251 e. The number of amides is 1. The molecule has 1 saturated heterocycles. The third-order valence-electron chi connectivity index (χ3n) is 2.82. The van der Waals surface area contributed by atoms with Crippen LogP contribution in [0.5, 0.6) is 0 Å². The fourth-order valence-electron chi connectivity index (χ4n) is 1.94. The summed E-state index contributed by atoms with van der Waals surface area (Å²) in [6.45, 7) is 3.65. The Bertz CT molecular complexity index is 195. The molecule has 2 fully saturated rings. The number of carbonyl (C=O) groups excluding carboxylic acids is 1. The summed E-state index contributed by atoms with van der Waals surface area (Å²) < 4.78 is 5.38. The lowest BCUT2D eigenvalue weighted by molar-refractivity contribution is -0.141. The van der Waals surface area contributed by atoms with Crippen LogP contribution in [0, 0.1) is 0 Å². The third-order valence-corrected chi connectivity index (χ3v) is 2.82. The van der Waals surface area contributed by atoms with Gasteiger partial charge in [0.1, 0.15) is 6.10 Å². The Morgan fingerprint density at radius 1 is 1.46 bits per heavy atom. The van der Waals surface area contributed by atoms with E-state index in [9.17, 15) is 4.79 Å². The number of ether oxygens (including phenoxy) is 1. The largest absolute Gasteiger partial charge is 0.368 e. The second-order valence-corrected chi connectivity index (χ2v) is 3.86. The van der Waals surface area contributed by atoms with Crippen LogP contribution in [-0.4, -0.2) is 36.1 Å². The van der Waals surface area contributed by atoms with Gasteiger partial charge in [-0.3, -0.25) is 4.79 Å².